The maximum Gasteiger partial charge on any atom is 0.0568 e. The fourth-order valence-electron chi connectivity index (χ4n) is 3.38. The first kappa shape index (κ1) is 10.6. The standard InChI is InChI=1S/C15H16N2S/c1-2-4-13-11(3-1)15-12(5-7-16-15)14(17-13)10-6-8-18-9-10/h1-4,6,8-9,12,14-17H,5,7H2/t12-,14-,15-/m1/s1. The Morgan fingerprint density at radius 2 is 2.06 bits per heavy atom. The molecule has 0 radical (unpaired) electrons. The molecule has 3 heteroatoms. The number of hydrogen-bond acceptors (Lipinski definition) is 3. The van der Waals surface area contributed by atoms with Crippen molar-refractivity contribution in [3.63, 3.8) is 0 Å². The molecule has 92 valence electrons. The summed E-state index contributed by atoms with van der Waals surface area (Å²) in [6.07, 6.45) is 1.26. The van der Waals surface area contributed by atoms with Crippen molar-refractivity contribution in [3.8, 4) is 0 Å². The van der Waals surface area contributed by atoms with E-state index in [1.54, 1.807) is 11.3 Å². The van der Waals surface area contributed by atoms with Gasteiger partial charge in [0.05, 0.1) is 6.04 Å². The molecule has 0 unspecified atom stereocenters. The lowest BCUT2D eigenvalue weighted by atomic mass is 9.81. The minimum absolute atomic E-state index is 0.464. The molecule has 2 aliphatic heterocycles. The van der Waals surface area contributed by atoms with Crippen LogP contribution in [0, 0.1) is 5.92 Å². The van der Waals surface area contributed by atoms with Gasteiger partial charge in [-0.05, 0) is 47.0 Å². The van der Waals surface area contributed by atoms with E-state index in [4.69, 9.17) is 0 Å². The van der Waals surface area contributed by atoms with Crippen LogP contribution in [0.15, 0.2) is 41.1 Å². The van der Waals surface area contributed by atoms with Gasteiger partial charge >= 0.3 is 0 Å². The highest BCUT2D eigenvalue weighted by Crippen LogP contribution is 2.47. The van der Waals surface area contributed by atoms with Gasteiger partial charge in [-0.25, -0.2) is 0 Å². The van der Waals surface area contributed by atoms with Crippen molar-refractivity contribution in [2.75, 3.05) is 11.9 Å². The number of fused-ring (bicyclic) bond motifs is 3. The van der Waals surface area contributed by atoms with E-state index in [-0.39, 0.29) is 0 Å². The highest BCUT2D eigenvalue weighted by atomic mass is 32.1. The topological polar surface area (TPSA) is 24.1 Å². The molecule has 1 fully saturated rings. The van der Waals surface area contributed by atoms with E-state index in [2.05, 4.69) is 51.7 Å². The molecule has 2 aromatic rings. The average molecular weight is 256 g/mol. The lowest BCUT2D eigenvalue weighted by Gasteiger charge is -2.36. The van der Waals surface area contributed by atoms with Gasteiger partial charge in [-0.2, -0.15) is 11.3 Å². The second-order valence-corrected chi connectivity index (χ2v) is 5.93. The van der Waals surface area contributed by atoms with Crippen LogP contribution in [0.1, 0.15) is 29.6 Å². The van der Waals surface area contributed by atoms with Crippen LogP contribution in [-0.4, -0.2) is 6.54 Å². The first-order chi connectivity index (χ1) is 8.93. The third-order valence-electron chi connectivity index (χ3n) is 4.21. The monoisotopic (exact) mass is 256 g/mol. The Morgan fingerprint density at radius 3 is 2.94 bits per heavy atom. The lowest BCUT2D eigenvalue weighted by molar-refractivity contribution is 0.391. The minimum Gasteiger partial charge on any atom is -0.378 e. The predicted molar refractivity (Wildman–Crippen MR) is 76.0 cm³/mol. The second-order valence-electron chi connectivity index (χ2n) is 5.15. The van der Waals surface area contributed by atoms with Crippen molar-refractivity contribution in [1.29, 1.82) is 0 Å². The van der Waals surface area contributed by atoms with Crippen LogP contribution in [0.5, 0.6) is 0 Å². The quantitative estimate of drug-likeness (QED) is 0.815. The van der Waals surface area contributed by atoms with Crippen LogP contribution in [0.2, 0.25) is 0 Å². The number of anilines is 1. The summed E-state index contributed by atoms with van der Waals surface area (Å²) in [6, 6.07) is 12.0. The molecule has 0 aliphatic carbocycles. The molecule has 1 saturated heterocycles. The number of nitrogens with one attached hydrogen (secondary N) is 2. The maximum absolute atomic E-state index is 3.74. The first-order valence-corrected chi connectivity index (χ1v) is 7.49. The van der Waals surface area contributed by atoms with Crippen LogP contribution in [0.3, 0.4) is 0 Å². The molecule has 4 rings (SSSR count). The van der Waals surface area contributed by atoms with Crippen LogP contribution < -0.4 is 10.6 Å². The first-order valence-electron chi connectivity index (χ1n) is 6.54. The number of benzene rings is 1. The third kappa shape index (κ3) is 1.51. The number of rotatable bonds is 1. The third-order valence-corrected chi connectivity index (χ3v) is 4.91. The van der Waals surface area contributed by atoms with Gasteiger partial charge in [-0.1, -0.05) is 18.2 Å². The van der Waals surface area contributed by atoms with Gasteiger partial charge in [0.25, 0.3) is 0 Å². The van der Waals surface area contributed by atoms with Crippen molar-refractivity contribution in [1.82, 2.24) is 5.32 Å². The number of hydrogen-bond donors (Lipinski definition) is 2. The summed E-state index contributed by atoms with van der Waals surface area (Å²) in [5.74, 6) is 0.675. The van der Waals surface area contributed by atoms with Crippen molar-refractivity contribution < 1.29 is 0 Å². The summed E-state index contributed by atoms with van der Waals surface area (Å²) < 4.78 is 0. The van der Waals surface area contributed by atoms with Gasteiger partial charge in [0.1, 0.15) is 0 Å². The number of para-hydroxylation sites is 1. The zero-order chi connectivity index (χ0) is 11.9. The molecule has 2 nitrogen and oxygen atoms in total. The summed E-state index contributed by atoms with van der Waals surface area (Å²) in [7, 11) is 0. The van der Waals surface area contributed by atoms with E-state index in [1.807, 2.05) is 0 Å². The number of thiophene rings is 1. The Balaban J connectivity index is 1.80. The fourth-order valence-corrected chi connectivity index (χ4v) is 4.08. The van der Waals surface area contributed by atoms with Crippen molar-refractivity contribution in [3.05, 3.63) is 52.2 Å². The van der Waals surface area contributed by atoms with Gasteiger partial charge in [-0.15, -0.1) is 0 Å². The van der Waals surface area contributed by atoms with Crippen LogP contribution in [-0.2, 0) is 0 Å². The molecular formula is C15H16N2S. The Hall–Kier alpha value is -1.32. The van der Waals surface area contributed by atoms with Gasteiger partial charge in [-0.3, -0.25) is 0 Å². The van der Waals surface area contributed by atoms with Gasteiger partial charge in [0, 0.05) is 17.6 Å². The van der Waals surface area contributed by atoms with Crippen LogP contribution >= 0.6 is 11.3 Å². The summed E-state index contributed by atoms with van der Waals surface area (Å²) in [5, 5.41) is 11.9. The molecule has 3 heterocycles. The molecule has 2 aliphatic rings. The molecule has 0 spiro atoms. The second kappa shape index (κ2) is 4.11. The van der Waals surface area contributed by atoms with E-state index >= 15 is 0 Å². The van der Waals surface area contributed by atoms with Crippen LogP contribution in [0.25, 0.3) is 0 Å². The van der Waals surface area contributed by atoms with Gasteiger partial charge in [0.15, 0.2) is 0 Å². The Bertz CT molecular complexity index is 549. The van der Waals surface area contributed by atoms with Crippen molar-refractivity contribution >= 4 is 17.0 Å². The fraction of sp³-hybridized carbons (Fsp3) is 0.333. The summed E-state index contributed by atoms with van der Waals surface area (Å²) in [6.45, 7) is 1.13. The van der Waals surface area contributed by atoms with E-state index in [0.717, 1.165) is 6.54 Å². The van der Waals surface area contributed by atoms with E-state index < -0.39 is 0 Å². The maximum atomic E-state index is 3.74. The molecule has 0 bridgehead atoms. The molecule has 3 atom stereocenters. The highest BCUT2D eigenvalue weighted by molar-refractivity contribution is 7.08. The SMILES string of the molecule is c1ccc2c(c1)N[C@H](c1ccsc1)[C@H]1CCN[C@H]21. The van der Waals surface area contributed by atoms with Crippen molar-refractivity contribution in [2.45, 2.75) is 18.5 Å². The molecular weight excluding hydrogens is 240 g/mol. The Kier molecular flexibility index (Phi) is 2.42. The molecule has 1 aromatic carbocycles. The lowest BCUT2D eigenvalue weighted by Crippen LogP contribution is -2.32. The predicted octanol–water partition coefficient (Wildman–Crippen LogP) is 3.57. The van der Waals surface area contributed by atoms with Gasteiger partial charge < -0.3 is 10.6 Å². The molecule has 18 heavy (non-hydrogen) atoms. The van der Waals surface area contributed by atoms with E-state index in [9.17, 15) is 0 Å². The van der Waals surface area contributed by atoms with E-state index in [1.165, 1.54) is 23.2 Å². The van der Waals surface area contributed by atoms with E-state index in [0.29, 0.717) is 18.0 Å². The molecule has 0 saturated carbocycles. The zero-order valence-electron chi connectivity index (χ0n) is 10.1. The normalized spacial score (nSPS) is 29.4. The van der Waals surface area contributed by atoms with Crippen molar-refractivity contribution in [2.24, 2.45) is 5.92 Å². The minimum atomic E-state index is 0.464. The smallest absolute Gasteiger partial charge is 0.0568 e. The summed E-state index contributed by atoms with van der Waals surface area (Å²) in [5.41, 5.74) is 4.17. The highest BCUT2D eigenvalue weighted by Gasteiger charge is 2.39. The Labute approximate surface area is 111 Å². The van der Waals surface area contributed by atoms with Gasteiger partial charge in [0.2, 0.25) is 0 Å². The molecule has 2 N–H and O–H groups in total. The Morgan fingerprint density at radius 1 is 1.11 bits per heavy atom. The zero-order valence-corrected chi connectivity index (χ0v) is 10.9. The van der Waals surface area contributed by atoms with Crippen LogP contribution in [0.4, 0.5) is 5.69 Å². The summed E-state index contributed by atoms with van der Waals surface area (Å²) >= 11 is 1.79. The molecule has 1 aromatic heterocycles. The molecule has 0 amide bonds. The average Bonchev–Trinajstić information content (AvgIpc) is 3.09. The largest absolute Gasteiger partial charge is 0.378 e. The summed E-state index contributed by atoms with van der Waals surface area (Å²) in [4.78, 5) is 0.